The highest BCUT2D eigenvalue weighted by Crippen LogP contribution is 2.15. The van der Waals surface area contributed by atoms with Crippen LogP contribution in [0.25, 0.3) is 16.7 Å². The molecule has 0 spiro atoms. The SMILES string of the molecule is [O-][n+]1c2cc(Cl)ccc2nn1-c1ccccc1. The summed E-state index contributed by atoms with van der Waals surface area (Å²) in [6.45, 7) is 0. The number of halogens is 1. The number of aromatic nitrogens is 3. The number of rotatable bonds is 1. The topological polar surface area (TPSA) is 44.8 Å². The molecule has 0 bridgehead atoms. The highest BCUT2D eigenvalue weighted by molar-refractivity contribution is 6.31. The van der Waals surface area contributed by atoms with Crippen LogP contribution >= 0.6 is 11.6 Å². The van der Waals surface area contributed by atoms with Crippen LogP contribution < -0.4 is 4.85 Å². The fourth-order valence-corrected chi connectivity index (χ4v) is 1.87. The second-order valence-corrected chi connectivity index (χ2v) is 4.07. The zero-order valence-electron chi connectivity index (χ0n) is 8.75. The van der Waals surface area contributed by atoms with Gasteiger partial charge in [-0.1, -0.05) is 29.8 Å². The molecule has 4 nitrogen and oxygen atoms in total. The molecule has 0 N–H and O–H groups in total. The van der Waals surface area contributed by atoms with Crippen molar-refractivity contribution in [1.82, 2.24) is 9.90 Å². The van der Waals surface area contributed by atoms with Gasteiger partial charge in [0.05, 0.1) is 5.10 Å². The van der Waals surface area contributed by atoms with Gasteiger partial charge in [0, 0.05) is 11.1 Å². The van der Waals surface area contributed by atoms with Crippen molar-refractivity contribution < 1.29 is 4.85 Å². The van der Waals surface area contributed by atoms with Crippen molar-refractivity contribution in [1.29, 1.82) is 0 Å². The van der Waals surface area contributed by atoms with Gasteiger partial charge >= 0.3 is 0 Å². The van der Waals surface area contributed by atoms with Gasteiger partial charge in [-0.3, -0.25) is 0 Å². The van der Waals surface area contributed by atoms with Crippen molar-refractivity contribution in [3.63, 3.8) is 0 Å². The molecule has 0 aliphatic heterocycles. The fraction of sp³-hybridized carbons (Fsp3) is 0. The number of hydrogen-bond donors (Lipinski definition) is 0. The average Bonchev–Trinajstić information content (AvgIpc) is 2.68. The van der Waals surface area contributed by atoms with Gasteiger partial charge in [0.15, 0.2) is 0 Å². The Morgan fingerprint density at radius 1 is 1.12 bits per heavy atom. The van der Waals surface area contributed by atoms with E-state index in [-0.39, 0.29) is 0 Å². The molecule has 1 heterocycles. The van der Waals surface area contributed by atoms with Gasteiger partial charge in [-0.05, 0) is 29.1 Å². The smallest absolute Gasteiger partial charge is 0.250 e. The molecule has 3 aromatic rings. The molecule has 5 heteroatoms. The van der Waals surface area contributed by atoms with Crippen molar-refractivity contribution in [2.24, 2.45) is 0 Å². The van der Waals surface area contributed by atoms with E-state index in [2.05, 4.69) is 5.10 Å². The summed E-state index contributed by atoms with van der Waals surface area (Å²) in [7, 11) is 0. The Kier molecular flexibility index (Phi) is 2.23. The Balaban J connectivity index is 2.28. The first-order valence-electron chi connectivity index (χ1n) is 5.09. The van der Waals surface area contributed by atoms with Gasteiger partial charge in [0.2, 0.25) is 11.0 Å². The standard InChI is InChI=1S/C12H8ClN3O/c13-9-6-7-11-12(8-9)16(17)15(14-11)10-4-2-1-3-5-10/h1-8H. The van der Waals surface area contributed by atoms with E-state index in [9.17, 15) is 5.21 Å². The van der Waals surface area contributed by atoms with Crippen molar-refractivity contribution in [2.75, 3.05) is 0 Å². The van der Waals surface area contributed by atoms with Gasteiger partial charge in [-0.25, -0.2) is 0 Å². The first kappa shape index (κ1) is 10.1. The van der Waals surface area contributed by atoms with Crippen LogP contribution in [0.1, 0.15) is 0 Å². The van der Waals surface area contributed by atoms with E-state index in [0.29, 0.717) is 16.1 Å². The van der Waals surface area contributed by atoms with E-state index < -0.39 is 0 Å². The van der Waals surface area contributed by atoms with Crippen LogP contribution in [0, 0.1) is 5.21 Å². The van der Waals surface area contributed by atoms with Gasteiger partial charge in [-0.15, -0.1) is 4.85 Å². The summed E-state index contributed by atoms with van der Waals surface area (Å²) in [5.41, 5.74) is 1.80. The largest absolute Gasteiger partial charge is 0.692 e. The summed E-state index contributed by atoms with van der Waals surface area (Å²) in [6, 6.07) is 14.3. The Hall–Kier alpha value is -2.07. The van der Waals surface area contributed by atoms with E-state index in [1.807, 2.05) is 30.3 Å². The molecule has 0 atom stereocenters. The Morgan fingerprint density at radius 3 is 2.65 bits per heavy atom. The molecule has 0 radical (unpaired) electrons. The van der Waals surface area contributed by atoms with Crippen LogP contribution in [-0.4, -0.2) is 9.90 Å². The number of nitrogens with zero attached hydrogens (tertiary/aromatic N) is 3. The third-order valence-electron chi connectivity index (χ3n) is 2.51. The second kappa shape index (κ2) is 3.75. The van der Waals surface area contributed by atoms with E-state index in [4.69, 9.17) is 11.6 Å². The van der Waals surface area contributed by atoms with Gasteiger partial charge < -0.3 is 5.21 Å². The molecule has 0 aliphatic carbocycles. The van der Waals surface area contributed by atoms with Crippen LogP contribution in [0.3, 0.4) is 0 Å². The summed E-state index contributed by atoms with van der Waals surface area (Å²) < 4.78 is 0. The maximum absolute atomic E-state index is 12.0. The molecule has 0 unspecified atom stereocenters. The van der Waals surface area contributed by atoms with Gasteiger partial charge in [0.25, 0.3) is 0 Å². The Morgan fingerprint density at radius 2 is 1.88 bits per heavy atom. The molecule has 3 rings (SSSR count). The van der Waals surface area contributed by atoms with E-state index in [1.54, 1.807) is 18.2 Å². The molecular formula is C12H8ClN3O. The third-order valence-corrected chi connectivity index (χ3v) is 2.74. The summed E-state index contributed by atoms with van der Waals surface area (Å²) in [6.07, 6.45) is 0. The summed E-state index contributed by atoms with van der Waals surface area (Å²) >= 11 is 5.86. The fourth-order valence-electron chi connectivity index (χ4n) is 1.70. The number of hydrogen-bond acceptors (Lipinski definition) is 2. The van der Waals surface area contributed by atoms with Crippen LogP contribution in [-0.2, 0) is 0 Å². The molecule has 2 aromatic carbocycles. The lowest BCUT2D eigenvalue weighted by Gasteiger charge is -2.02. The minimum atomic E-state index is 0.460. The molecule has 0 saturated heterocycles. The van der Waals surface area contributed by atoms with Gasteiger partial charge in [0.1, 0.15) is 5.69 Å². The normalized spacial score (nSPS) is 10.9. The second-order valence-electron chi connectivity index (χ2n) is 3.63. The molecule has 17 heavy (non-hydrogen) atoms. The van der Waals surface area contributed by atoms with Gasteiger partial charge in [-0.2, -0.15) is 0 Å². The molecule has 84 valence electrons. The molecule has 0 amide bonds. The quantitative estimate of drug-likeness (QED) is 0.488. The predicted molar refractivity (Wildman–Crippen MR) is 65.0 cm³/mol. The molecule has 0 fully saturated rings. The molecule has 1 aromatic heterocycles. The first-order chi connectivity index (χ1) is 8.25. The maximum atomic E-state index is 12.0. The minimum absolute atomic E-state index is 0.460. The highest BCUT2D eigenvalue weighted by atomic mass is 35.5. The van der Waals surface area contributed by atoms with E-state index in [0.717, 1.165) is 10.5 Å². The monoisotopic (exact) mass is 245 g/mol. The lowest BCUT2D eigenvalue weighted by molar-refractivity contribution is -0.664. The van der Waals surface area contributed by atoms with Crippen molar-refractivity contribution in [3.8, 4) is 5.69 Å². The van der Waals surface area contributed by atoms with Crippen LogP contribution in [0.5, 0.6) is 0 Å². The Labute approximate surface area is 102 Å². The van der Waals surface area contributed by atoms with E-state index in [1.165, 1.54) is 4.80 Å². The highest BCUT2D eigenvalue weighted by Gasteiger charge is 2.15. The predicted octanol–water partition coefficient (Wildman–Crippen LogP) is 2.31. The molecule has 0 saturated carbocycles. The molecular weight excluding hydrogens is 238 g/mol. The summed E-state index contributed by atoms with van der Waals surface area (Å²) in [5.74, 6) is 0. The number of benzene rings is 2. The van der Waals surface area contributed by atoms with Crippen molar-refractivity contribution >= 4 is 22.6 Å². The number of fused-ring (bicyclic) bond motifs is 1. The lowest BCUT2D eigenvalue weighted by atomic mass is 10.3. The van der Waals surface area contributed by atoms with Crippen molar-refractivity contribution in [2.45, 2.75) is 0 Å². The van der Waals surface area contributed by atoms with Crippen LogP contribution in [0.2, 0.25) is 5.02 Å². The third kappa shape index (κ3) is 1.62. The number of para-hydroxylation sites is 1. The lowest BCUT2D eigenvalue weighted by Crippen LogP contribution is -2.37. The van der Waals surface area contributed by atoms with E-state index >= 15 is 0 Å². The summed E-state index contributed by atoms with van der Waals surface area (Å²) in [4.78, 5) is 2.04. The zero-order valence-corrected chi connectivity index (χ0v) is 9.50. The average molecular weight is 246 g/mol. The van der Waals surface area contributed by atoms with Crippen LogP contribution in [0.15, 0.2) is 48.5 Å². The maximum Gasteiger partial charge on any atom is 0.250 e. The Bertz CT molecular complexity index is 679. The first-order valence-corrected chi connectivity index (χ1v) is 5.47. The van der Waals surface area contributed by atoms with Crippen molar-refractivity contribution in [3.05, 3.63) is 58.8 Å². The van der Waals surface area contributed by atoms with Crippen LogP contribution in [0.4, 0.5) is 0 Å². The molecule has 0 aliphatic rings. The summed E-state index contributed by atoms with van der Waals surface area (Å²) in [5, 5.41) is 16.8. The zero-order chi connectivity index (χ0) is 11.8. The minimum Gasteiger partial charge on any atom is -0.692 e.